The number of benzene rings is 6. The van der Waals surface area contributed by atoms with Gasteiger partial charge in [-0.2, -0.15) is 5.26 Å². The Hall–Kier alpha value is -6.52. The summed E-state index contributed by atoms with van der Waals surface area (Å²) in [5, 5.41) is 11.6. The van der Waals surface area contributed by atoms with Crippen LogP contribution >= 0.6 is 0 Å². The molecule has 0 radical (unpaired) electrons. The van der Waals surface area contributed by atoms with E-state index in [1.165, 1.54) is 12.1 Å². The number of hydrogen-bond donors (Lipinski definition) is 0. The number of halogens is 2. The predicted octanol–water partition coefficient (Wildman–Crippen LogP) is 9.79. The third kappa shape index (κ3) is 4.98. The maximum atomic E-state index is 15.2. The van der Waals surface area contributed by atoms with E-state index in [0.29, 0.717) is 34.2 Å². The Bertz CT molecular complexity index is 2440. The minimum atomic E-state index is -0.671. The summed E-state index contributed by atoms with van der Waals surface area (Å²) in [6.07, 6.45) is 0. The fourth-order valence-corrected chi connectivity index (χ4v) is 6.03. The molecule has 0 fully saturated rings. The minimum Gasteiger partial charge on any atom is -0.308 e. The number of aromatic nitrogens is 4. The Kier molecular flexibility index (Phi) is 6.81. The van der Waals surface area contributed by atoms with E-state index in [-0.39, 0.29) is 5.56 Å². The van der Waals surface area contributed by atoms with Crippen molar-refractivity contribution < 1.29 is 8.78 Å². The van der Waals surface area contributed by atoms with Gasteiger partial charge < -0.3 is 4.57 Å². The Labute approximate surface area is 268 Å². The topological polar surface area (TPSA) is 67.4 Å². The van der Waals surface area contributed by atoms with Gasteiger partial charge in [0, 0.05) is 39.1 Å². The zero-order valence-electron chi connectivity index (χ0n) is 24.8. The molecule has 0 amide bonds. The van der Waals surface area contributed by atoms with Crippen LogP contribution in [0.1, 0.15) is 5.56 Å². The number of nitriles is 1. The Morgan fingerprint density at radius 2 is 1.15 bits per heavy atom. The second-order valence-electron chi connectivity index (χ2n) is 11.1. The number of para-hydroxylation sites is 1. The molecule has 8 rings (SSSR count). The molecule has 0 spiro atoms. The molecule has 0 unspecified atom stereocenters. The summed E-state index contributed by atoms with van der Waals surface area (Å²) in [4.78, 5) is 14.8. The highest BCUT2D eigenvalue weighted by Crippen LogP contribution is 2.39. The van der Waals surface area contributed by atoms with E-state index in [4.69, 9.17) is 15.0 Å². The first-order valence-electron chi connectivity index (χ1n) is 15.0. The van der Waals surface area contributed by atoms with Crippen LogP contribution in [0.2, 0.25) is 0 Å². The summed E-state index contributed by atoms with van der Waals surface area (Å²) in [5.74, 6) is 0.0359. The Balaban J connectivity index is 1.46. The van der Waals surface area contributed by atoms with Crippen molar-refractivity contribution in [2.45, 2.75) is 0 Å². The summed E-state index contributed by atoms with van der Waals surface area (Å²) in [6.45, 7) is 0. The first-order valence-corrected chi connectivity index (χ1v) is 15.0. The first kappa shape index (κ1) is 28.0. The van der Waals surface area contributed by atoms with Crippen LogP contribution in [0.4, 0.5) is 8.78 Å². The molecule has 222 valence electrons. The normalized spacial score (nSPS) is 11.2. The molecule has 2 aromatic heterocycles. The van der Waals surface area contributed by atoms with Crippen molar-refractivity contribution in [2.24, 2.45) is 0 Å². The summed E-state index contributed by atoms with van der Waals surface area (Å²) in [5.41, 5.74) is 6.14. The number of rotatable bonds is 5. The average Bonchev–Trinajstić information content (AvgIpc) is 3.45. The maximum absolute atomic E-state index is 15.2. The van der Waals surface area contributed by atoms with Crippen molar-refractivity contribution in [1.82, 2.24) is 19.5 Å². The number of hydrogen-bond acceptors (Lipinski definition) is 4. The lowest BCUT2D eigenvalue weighted by atomic mass is 10.00. The molecule has 0 aliphatic heterocycles. The fourth-order valence-electron chi connectivity index (χ4n) is 6.03. The third-order valence-electron chi connectivity index (χ3n) is 8.22. The highest BCUT2D eigenvalue weighted by Gasteiger charge is 2.21. The van der Waals surface area contributed by atoms with Gasteiger partial charge in [-0.1, -0.05) is 84.9 Å². The molecule has 0 aliphatic rings. The molecule has 47 heavy (non-hydrogen) atoms. The van der Waals surface area contributed by atoms with Crippen molar-refractivity contribution in [3.63, 3.8) is 0 Å². The summed E-state index contributed by atoms with van der Waals surface area (Å²) >= 11 is 0. The van der Waals surface area contributed by atoms with Gasteiger partial charge in [-0.05, 0) is 54.1 Å². The van der Waals surface area contributed by atoms with Crippen molar-refractivity contribution >= 4 is 21.8 Å². The molecule has 8 aromatic rings. The predicted molar refractivity (Wildman–Crippen MR) is 181 cm³/mol. The van der Waals surface area contributed by atoms with Gasteiger partial charge in [0.2, 0.25) is 0 Å². The summed E-state index contributed by atoms with van der Waals surface area (Å²) < 4.78 is 31.2. The number of nitrogens with zero attached hydrogens (tertiary/aromatic N) is 5. The number of fused-ring (bicyclic) bond motifs is 3. The summed E-state index contributed by atoms with van der Waals surface area (Å²) in [6, 6.07) is 44.3. The summed E-state index contributed by atoms with van der Waals surface area (Å²) in [7, 11) is 0. The van der Waals surface area contributed by atoms with E-state index in [1.807, 2.05) is 115 Å². The second kappa shape index (κ2) is 11.4. The molecule has 0 saturated carbocycles. The second-order valence-corrected chi connectivity index (χ2v) is 11.1. The molecule has 7 heteroatoms. The minimum absolute atomic E-state index is 0.251. The maximum Gasteiger partial charge on any atom is 0.166 e. The lowest BCUT2D eigenvalue weighted by molar-refractivity contribution is 0.585. The van der Waals surface area contributed by atoms with Crippen LogP contribution in [0.25, 0.3) is 72.8 Å². The molecule has 0 N–H and O–H groups in total. The van der Waals surface area contributed by atoms with Gasteiger partial charge in [-0.15, -0.1) is 0 Å². The molecular formula is C40H23F2N5. The molecular weight excluding hydrogens is 588 g/mol. The van der Waals surface area contributed by atoms with E-state index in [1.54, 1.807) is 6.07 Å². The van der Waals surface area contributed by atoms with Crippen LogP contribution in [0.15, 0.2) is 140 Å². The zero-order chi connectivity index (χ0) is 31.9. The van der Waals surface area contributed by atoms with E-state index >= 15 is 4.39 Å². The molecule has 0 saturated heterocycles. The lowest BCUT2D eigenvalue weighted by Gasteiger charge is -2.16. The molecule has 0 aliphatic carbocycles. The van der Waals surface area contributed by atoms with Crippen LogP contribution in [-0.2, 0) is 0 Å². The standard InChI is InChI=1S/C40H23F2N5/c41-29-17-18-30(34(42)23-29)28-16-20-37(47-35-14-8-7-13-31(35)32-21-25(24-43)15-19-36(32)47)33(22-28)40-45-38(26-9-3-1-4-10-26)44-39(46-40)27-11-5-2-6-12-27/h1-23H. The van der Waals surface area contributed by atoms with Gasteiger partial charge in [-0.3, -0.25) is 0 Å². The smallest absolute Gasteiger partial charge is 0.166 e. The zero-order valence-corrected chi connectivity index (χ0v) is 24.8. The lowest BCUT2D eigenvalue weighted by Crippen LogP contribution is -2.04. The van der Waals surface area contributed by atoms with Crippen LogP contribution in [0.5, 0.6) is 0 Å². The Morgan fingerprint density at radius 1 is 0.511 bits per heavy atom. The molecule has 0 bridgehead atoms. The van der Waals surface area contributed by atoms with Crippen LogP contribution in [-0.4, -0.2) is 19.5 Å². The van der Waals surface area contributed by atoms with Gasteiger partial charge in [0.15, 0.2) is 17.5 Å². The van der Waals surface area contributed by atoms with Gasteiger partial charge >= 0.3 is 0 Å². The molecule has 5 nitrogen and oxygen atoms in total. The largest absolute Gasteiger partial charge is 0.308 e. The quantitative estimate of drug-likeness (QED) is 0.194. The van der Waals surface area contributed by atoms with Gasteiger partial charge in [0.1, 0.15) is 11.6 Å². The van der Waals surface area contributed by atoms with Crippen molar-refractivity contribution in [1.29, 1.82) is 5.26 Å². The molecule has 0 atom stereocenters. The highest BCUT2D eigenvalue weighted by atomic mass is 19.1. The van der Waals surface area contributed by atoms with E-state index in [0.717, 1.165) is 44.7 Å². The average molecular weight is 612 g/mol. The van der Waals surface area contributed by atoms with E-state index in [9.17, 15) is 9.65 Å². The SMILES string of the molecule is N#Cc1ccc2c(c1)c1ccccc1n2-c1ccc(-c2ccc(F)cc2F)cc1-c1nc(-c2ccccc2)nc(-c2ccccc2)n1. The van der Waals surface area contributed by atoms with Gasteiger partial charge in [-0.25, -0.2) is 23.7 Å². The highest BCUT2D eigenvalue weighted by molar-refractivity contribution is 6.10. The molecule has 6 aromatic carbocycles. The van der Waals surface area contributed by atoms with Crippen molar-refractivity contribution in [2.75, 3.05) is 0 Å². The van der Waals surface area contributed by atoms with Gasteiger partial charge in [0.05, 0.1) is 28.4 Å². The van der Waals surface area contributed by atoms with Crippen molar-refractivity contribution in [3.8, 4) is 57.0 Å². The van der Waals surface area contributed by atoms with Crippen LogP contribution < -0.4 is 0 Å². The fraction of sp³-hybridized carbons (Fsp3) is 0. The molecule has 2 heterocycles. The van der Waals surface area contributed by atoms with Gasteiger partial charge in [0.25, 0.3) is 0 Å². The Morgan fingerprint density at radius 3 is 1.83 bits per heavy atom. The van der Waals surface area contributed by atoms with Crippen molar-refractivity contribution in [3.05, 3.63) is 157 Å². The first-order chi connectivity index (χ1) is 23.1. The van der Waals surface area contributed by atoms with Crippen LogP contribution in [0.3, 0.4) is 0 Å². The van der Waals surface area contributed by atoms with E-state index < -0.39 is 11.6 Å². The van der Waals surface area contributed by atoms with Crippen LogP contribution in [0, 0.1) is 23.0 Å². The monoisotopic (exact) mass is 611 g/mol. The third-order valence-corrected chi connectivity index (χ3v) is 8.22. The van der Waals surface area contributed by atoms with E-state index in [2.05, 4.69) is 10.6 Å².